The van der Waals surface area contributed by atoms with Crippen molar-refractivity contribution in [2.45, 2.75) is 26.3 Å². The third-order valence-electron chi connectivity index (χ3n) is 3.47. The number of fused-ring (bicyclic) bond motifs is 1. The predicted molar refractivity (Wildman–Crippen MR) is 82.2 cm³/mol. The van der Waals surface area contributed by atoms with E-state index in [4.69, 9.17) is 0 Å². The molecule has 0 aromatic carbocycles. The minimum absolute atomic E-state index is 0.253. The van der Waals surface area contributed by atoms with Crippen LogP contribution in [-0.4, -0.2) is 20.9 Å². The molecule has 1 atom stereocenters. The van der Waals surface area contributed by atoms with Gasteiger partial charge in [0.1, 0.15) is 5.65 Å². The van der Waals surface area contributed by atoms with Crippen LogP contribution in [0.2, 0.25) is 0 Å². The molecule has 0 radical (unpaired) electrons. The summed E-state index contributed by atoms with van der Waals surface area (Å²) in [5.41, 5.74) is 5.14. The number of nitrogens with zero attached hydrogens (tertiary/aromatic N) is 3. The van der Waals surface area contributed by atoms with Gasteiger partial charge in [0.15, 0.2) is 0 Å². The zero-order valence-corrected chi connectivity index (χ0v) is 12.5. The van der Waals surface area contributed by atoms with Crippen LogP contribution in [0.4, 0.5) is 0 Å². The molecule has 4 nitrogen and oxygen atoms in total. The Hall–Kier alpha value is -1.72. The molecule has 0 aliphatic carbocycles. The first-order chi connectivity index (χ1) is 9.74. The monoisotopic (exact) mass is 286 g/mol. The van der Waals surface area contributed by atoms with Gasteiger partial charge in [-0.05, 0) is 32.4 Å². The lowest BCUT2D eigenvalue weighted by Crippen LogP contribution is -2.21. The summed E-state index contributed by atoms with van der Waals surface area (Å²) in [6.45, 7) is 5.16. The number of imidazole rings is 1. The molecule has 0 fully saturated rings. The van der Waals surface area contributed by atoms with Crippen molar-refractivity contribution in [3.63, 3.8) is 0 Å². The van der Waals surface area contributed by atoms with Crippen LogP contribution in [-0.2, 0) is 6.42 Å². The van der Waals surface area contributed by atoms with Gasteiger partial charge in [0.2, 0.25) is 0 Å². The molecule has 0 saturated heterocycles. The number of pyridine rings is 1. The van der Waals surface area contributed by atoms with E-state index < -0.39 is 0 Å². The van der Waals surface area contributed by atoms with E-state index in [1.54, 1.807) is 11.3 Å². The molecule has 1 unspecified atom stereocenters. The average molecular weight is 286 g/mol. The van der Waals surface area contributed by atoms with E-state index in [0.29, 0.717) is 0 Å². The second-order valence-electron chi connectivity index (χ2n) is 4.92. The van der Waals surface area contributed by atoms with Crippen molar-refractivity contribution in [3.8, 4) is 0 Å². The minimum atomic E-state index is 0.253. The molecule has 3 aromatic rings. The van der Waals surface area contributed by atoms with Gasteiger partial charge in [-0.3, -0.25) is 0 Å². The Kier molecular flexibility index (Phi) is 3.80. The maximum Gasteiger partial charge on any atom is 0.137 e. The fourth-order valence-corrected chi connectivity index (χ4v) is 3.02. The predicted octanol–water partition coefficient (Wildman–Crippen LogP) is 2.99. The Morgan fingerprint density at radius 2 is 2.30 bits per heavy atom. The van der Waals surface area contributed by atoms with Crippen LogP contribution in [0.1, 0.15) is 29.2 Å². The Morgan fingerprint density at radius 3 is 3.05 bits per heavy atom. The van der Waals surface area contributed by atoms with Crippen LogP contribution < -0.4 is 5.32 Å². The fourth-order valence-electron chi connectivity index (χ4n) is 2.24. The van der Waals surface area contributed by atoms with Gasteiger partial charge in [-0.15, -0.1) is 11.3 Å². The largest absolute Gasteiger partial charge is 0.308 e. The van der Waals surface area contributed by atoms with Crippen molar-refractivity contribution in [2.75, 3.05) is 6.54 Å². The smallest absolute Gasteiger partial charge is 0.137 e. The van der Waals surface area contributed by atoms with Crippen molar-refractivity contribution in [2.24, 2.45) is 0 Å². The van der Waals surface area contributed by atoms with Crippen LogP contribution in [0.25, 0.3) is 5.65 Å². The van der Waals surface area contributed by atoms with Gasteiger partial charge < -0.3 is 9.72 Å². The van der Waals surface area contributed by atoms with E-state index in [0.717, 1.165) is 30.0 Å². The molecule has 0 amide bonds. The summed E-state index contributed by atoms with van der Waals surface area (Å²) in [6, 6.07) is 6.31. The summed E-state index contributed by atoms with van der Waals surface area (Å²) in [5.74, 6) is 0. The quantitative estimate of drug-likeness (QED) is 0.784. The van der Waals surface area contributed by atoms with E-state index in [-0.39, 0.29) is 6.04 Å². The molecule has 3 rings (SSSR count). The van der Waals surface area contributed by atoms with Crippen molar-refractivity contribution in [1.82, 2.24) is 19.7 Å². The summed E-state index contributed by atoms with van der Waals surface area (Å²) in [4.78, 5) is 10.3. The SMILES string of the molecule is Cc1ncsc1CCNC(C)c1cn2ccccc2n1. The Balaban J connectivity index is 1.61. The zero-order valence-electron chi connectivity index (χ0n) is 11.7. The van der Waals surface area contributed by atoms with Crippen molar-refractivity contribution >= 4 is 17.0 Å². The van der Waals surface area contributed by atoms with Gasteiger partial charge in [0, 0.05) is 29.9 Å². The van der Waals surface area contributed by atoms with Crippen LogP contribution in [0.3, 0.4) is 0 Å². The zero-order chi connectivity index (χ0) is 13.9. The molecule has 104 valence electrons. The van der Waals surface area contributed by atoms with Gasteiger partial charge in [-0.2, -0.15) is 0 Å². The molecule has 20 heavy (non-hydrogen) atoms. The Bertz CT molecular complexity index is 668. The number of hydrogen-bond acceptors (Lipinski definition) is 4. The van der Waals surface area contributed by atoms with E-state index in [1.807, 2.05) is 29.9 Å². The maximum atomic E-state index is 4.64. The van der Waals surface area contributed by atoms with Gasteiger partial charge in [0.05, 0.1) is 16.9 Å². The molecule has 0 bridgehead atoms. The Labute approximate surface area is 122 Å². The number of thiazole rings is 1. The standard InChI is InChI=1S/C15H18N4S/c1-11(16-7-6-14-12(2)17-10-20-14)13-9-19-8-4-3-5-15(19)18-13/h3-5,8-11,16H,6-7H2,1-2H3. The summed E-state index contributed by atoms with van der Waals surface area (Å²) in [5, 5.41) is 3.53. The highest BCUT2D eigenvalue weighted by molar-refractivity contribution is 7.09. The average Bonchev–Trinajstić information content (AvgIpc) is 3.05. The molecular weight excluding hydrogens is 268 g/mol. The second-order valence-corrected chi connectivity index (χ2v) is 5.86. The topological polar surface area (TPSA) is 42.2 Å². The van der Waals surface area contributed by atoms with Crippen LogP contribution in [0.15, 0.2) is 36.1 Å². The Morgan fingerprint density at radius 1 is 1.40 bits per heavy atom. The number of nitrogens with one attached hydrogen (secondary N) is 1. The highest BCUT2D eigenvalue weighted by atomic mass is 32.1. The summed E-state index contributed by atoms with van der Waals surface area (Å²) < 4.78 is 2.06. The van der Waals surface area contributed by atoms with Gasteiger partial charge in [-0.25, -0.2) is 9.97 Å². The first-order valence-corrected chi connectivity index (χ1v) is 7.68. The normalized spacial score (nSPS) is 12.9. The van der Waals surface area contributed by atoms with E-state index in [9.17, 15) is 0 Å². The van der Waals surface area contributed by atoms with Crippen molar-refractivity contribution in [3.05, 3.63) is 52.4 Å². The lowest BCUT2D eigenvalue weighted by atomic mass is 10.2. The second kappa shape index (κ2) is 5.73. The minimum Gasteiger partial charge on any atom is -0.308 e. The number of hydrogen-bond donors (Lipinski definition) is 1. The van der Waals surface area contributed by atoms with Crippen molar-refractivity contribution in [1.29, 1.82) is 0 Å². The molecule has 0 saturated carbocycles. The molecule has 0 spiro atoms. The maximum absolute atomic E-state index is 4.64. The van der Waals surface area contributed by atoms with Gasteiger partial charge >= 0.3 is 0 Å². The number of aromatic nitrogens is 3. The number of aryl methyl sites for hydroxylation is 1. The first-order valence-electron chi connectivity index (χ1n) is 6.80. The highest BCUT2D eigenvalue weighted by Gasteiger charge is 2.09. The molecule has 3 aromatic heterocycles. The highest BCUT2D eigenvalue weighted by Crippen LogP contribution is 2.15. The third kappa shape index (κ3) is 2.73. The summed E-state index contributed by atoms with van der Waals surface area (Å²) in [6.07, 6.45) is 5.14. The molecular formula is C15H18N4S. The molecule has 5 heteroatoms. The summed E-state index contributed by atoms with van der Waals surface area (Å²) >= 11 is 1.73. The van der Waals surface area contributed by atoms with Crippen LogP contribution in [0, 0.1) is 6.92 Å². The van der Waals surface area contributed by atoms with Crippen LogP contribution in [0.5, 0.6) is 0 Å². The van der Waals surface area contributed by atoms with Crippen molar-refractivity contribution < 1.29 is 0 Å². The van der Waals surface area contributed by atoms with Crippen LogP contribution >= 0.6 is 11.3 Å². The van der Waals surface area contributed by atoms with E-state index in [1.165, 1.54) is 4.88 Å². The van der Waals surface area contributed by atoms with E-state index >= 15 is 0 Å². The fraction of sp³-hybridized carbons (Fsp3) is 0.333. The molecule has 1 N–H and O–H groups in total. The van der Waals surface area contributed by atoms with Gasteiger partial charge in [-0.1, -0.05) is 6.07 Å². The molecule has 3 heterocycles. The lowest BCUT2D eigenvalue weighted by Gasteiger charge is -2.10. The molecule has 0 aliphatic heterocycles. The lowest BCUT2D eigenvalue weighted by molar-refractivity contribution is 0.567. The molecule has 0 aliphatic rings. The van der Waals surface area contributed by atoms with E-state index in [2.05, 4.69) is 39.7 Å². The van der Waals surface area contributed by atoms with Gasteiger partial charge in [0.25, 0.3) is 0 Å². The first kappa shape index (κ1) is 13.3. The third-order valence-corrected chi connectivity index (χ3v) is 4.47. The number of rotatable bonds is 5. The summed E-state index contributed by atoms with van der Waals surface area (Å²) in [7, 11) is 0.